The Morgan fingerprint density at radius 2 is 1.97 bits per heavy atom. The molecule has 1 aliphatic rings. The summed E-state index contributed by atoms with van der Waals surface area (Å²) in [6.45, 7) is 10.5. The summed E-state index contributed by atoms with van der Waals surface area (Å²) >= 11 is 0. The number of nitrogens with zero attached hydrogens (tertiary/aromatic N) is 1. The van der Waals surface area contributed by atoms with Crippen LogP contribution in [-0.4, -0.2) is 36.7 Å². The van der Waals surface area contributed by atoms with Gasteiger partial charge in [0.1, 0.15) is 0 Å². The monoisotopic (exact) mass is 397 g/mol. The Kier molecular flexibility index (Phi) is 6.75. The maximum atomic E-state index is 12.9. The van der Waals surface area contributed by atoms with Crippen molar-refractivity contribution in [2.45, 2.75) is 53.1 Å². The van der Waals surface area contributed by atoms with Crippen molar-refractivity contribution in [2.24, 2.45) is 0 Å². The minimum absolute atomic E-state index is 0.148. The zero-order chi connectivity index (χ0) is 21.0. The van der Waals surface area contributed by atoms with Crippen LogP contribution in [0.25, 0.3) is 0 Å². The second-order valence-corrected chi connectivity index (χ2v) is 7.70. The summed E-state index contributed by atoms with van der Waals surface area (Å²) in [6, 6.07) is 8.21. The van der Waals surface area contributed by atoms with Gasteiger partial charge in [0.05, 0.1) is 0 Å². The molecule has 1 aromatic carbocycles. The highest BCUT2D eigenvalue weighted by atomic mass is 16.5. The van der Waals surface area contributed by atoms with Crippen LogP contribution in [0.4, 0.5) is 5.69 Å². The molecule has 0 bridgehead atoms. The van der Waals surface area contributed by atoms with Crippen molar-refractivity contribution in [2.75, 3.05) is 24.7 Å². The topological polar surface area (TPSA) is 74.4 Å². The third-order valence-electron chi connectivity index (χ3n) is 5.75. The minimum atomic E-state index is -0.160. The van der Waals surface area contributed by atoms with Gasteiger partial charge in [-0.25, -0.2) is 0 Å². The van der Waals surface area contributed by atoms with E-state index in [0.29, 0.717) is 17.2 Å². The normalized spacial score (nSPS) is 14.6. The number of aromatic amines is 1. The summed E-state index contributed by atoms with van der Waals surface area (Å²) in [5.74, 6) is -0.160. The summed E-state index contributed by atoms with van der Waals surface area (Å²) in [4.78, 5) is 30.3. The Morgan fingerprint density at radius 3 is 2.62 bits per heavy atom. The van der Waals surface area contributed by atoms with E-state index in [1.54, 1.807) is 0 Å². The number of hydrogen-bond acceptors (Lipinski definition) is 4. The fraction of sp³-hybridized carbons (Fsp3) is 0.478. The number of carbonyl (C=O) groups is 1. The molecule has 6 nitrogen and oxygen atoms in total. The van der Waals surface area contributed by atoms with Gasteiger partial charge < -0.3 is 19.9 Å². The van der Waals surface area contributed by atoms with Crippen molar-refractivity contribution in [3.8, 4) is 0 Å². The van der Waals surface area contributed by atoms with Gasteiger partial charge in [0, 0.05) is 54.9 Å². The SMILES string of the molecule is CCN(c1cccc(C(=O)NCc2c(C)cc(C)[nH]c2=O)c1C)C1CCOCC1. The molecular formula is C23H31N3O3. The van der Waals surface area contributed by atoms with Crippen LogP contribution >= 0.6 is 0 Å². The second kappa shape index (κ2) is 9.27. The Bertz CT molecular complexity index is 929. The number of benzene rings is 1. The van der Waals surface area contributed by atoms with Crippen molar-refractivity contribution in [3.05, 3.63) is 62.6 Å². The first kappa shape index (κ1) is 21.1. The minimum Gasteiger partial charge on any atom is -0.381 e. The summed E-state index contributed by atoms with van der Waals surface area (Å²) in [7, 11) is 0. The highest BCUT2D eigenvalue weighted by molar-refractivity contribution is 5.97. The summed E-state index contributed by atoms with van der Waals surface area (Å²) in [5.41, 5.74) is 4.85. The zero-order valence-corrected chi connectivity index (χ0v) is 17.8. The maximum absolute atomic E-state index is 12.9. The second-order valence-electron chi connectivity index (χ2n) is 7.70. The number of amides is 1. The molecule has 156 valence electrons. The lowest BCUT2D eigenvalue weighted by molar-refractivity contribution is 0.0846. The number of pyridine rings is 1. The lowest BCUT2D eigenvalue weighted by Gasteiger charge is -2.36. The molecule has 0 radical (unpaired) electrons. The zero-order valence-electron chi connectivity index (χ0n) is 17.8. The highest BCUT2D eigenvalue weighted by Gasteiger charge is 2.23. The van der Waals surface area contributed by atoms with E-state index in [0.717, 1.165) is 55.1 Å². The predicted octanol–water partition coefficient (Wildman–Crippen LogP) is 3.24. The number of H-pyrrole nitrogens is 1. The van der Waals surface area contributed by atoms with E-state index >= 15 is 0 Å². The number of hydrogen-bond donors (Lipinski definition) is 2. The lowest BCUT2D eigenvalue weighted by atomic mass is 10.0. The molecule has 2 N–H and O–H groups in total. The van der Waals surface area contributed by atoms with Crippen molar-refractivity contribution >= 4 is 11.6 Å². The van der Waals surface area contributed by atoms with Crippen molar-refractivity contribution in [1.82, 2.24) is 10.3 Å². The maximum Gasteiger partial charge on any atom is 0.253 e. The van der Waals surface area contributed by atoms with Gasteiger partial charge in [-0.05, 0) is 69.9 Å². The average Bonchev–Trinajstić information content (AvgIpc) is 2.69. The highest BCUT2D eigenvalue weighted by Crippen LogP contribution is 2.28. The molecule has 2 aromatic rings. The largest absolute Gasteiger partial charge is 0.381 e. The lowest BCUT2D eigenvalue weighted by Crippen LogP contribution is -2.40. The van der Waals surface area contributed by atoms with E-state index in [1.807, 2.05) is 39.0 Å². The molecule has 0 aliphatic carbocycles. The van der Waals surface area contributed by atoms with Crippen LogP contribution in [0.3, 0.4) is 0 Å². The molecule has 2 heterocycles. The van der Waals surface area contributed by atoms with Gasteiger partial charge in [0.2, 0.25) is 0 Å². The standard InChI is InChI=1S/C23H31N3O3/c1-5-26(18-9-11-29-12-10-18)21-8-6-7-19(17(21)4)22(27)24-14-20-15(2)13-16(3)25-23(20)28/h6-8,13,18H,5,9-12,14H2,1-4H3,(H,24,27)(H,25,28). The fourth-order valence-corrected chi connectivity index (χ4v) is 4.17. The number of rotatable bonds is 6. The van der Waals surface area contributed by atoms with Gasteiger partial charge in [-0.3, -0.25) is 9.59 Å². The van der Waals surface area contributed by atoms with Gasteiger partial charge in [-0.15, -0.1) is 0 Å². The number of aryl methyl sites for hydroxylation is 2. The molecular weight excluding hydrogens is 366 g/mol. The Labute approximate surface area is 172 Å². The van der Waals surface area contributed by atoms with Gasteiger partial charge >= 0.3 is 0 Å². The molecule has 1 aliphatic heterocycles. The van der Waals surface area contributed by atoms with Crippen LogP contribution in [-0.2, 0) is 11.3 Å². The van der Waals surface area contributed by atoms with Crippen molar-refractivity contribution < 1.29 is 9.53 Å². The number of aromatic nitrogens is 1. The number of carbonyl (C=O) groups excluding carboxylic acids is 1. The van der Waals surface area contributed by atoms with Crippen LogP contribution in [0.15, 0.2) is 29.1 Å². The van der Waals surface area contributed by atoms with Gasteiger partial charge in [-0.1, -0.05) is 6.07 Å². The summed E-state index contributed by atoms with van der Waals surface area (Å²) in [5, 5.41) is 2.92. The van der Waals surface area contributed by atoms with E-state index in [1.165, 1.54) is 0 Å². The predicted molar refractivity (Wildman–Crippen MR) is 116 cm³/mol. The number of nitrogens with one attached hydrogen (secondary N) is 2. The van der Waals surface area contributed by atoms with Crippen LogP contribution < -0.4 is 15.8 Å². The van der Waals surface area contributed by atoms with Crippen LogP contribution in [0.1, 0.15) is 52.5 Å². The molecule has 6 heteroatoms. The van der Waals surface area contributed by atoms with E-state index in [4.69, 9.17) is 4.74 Å². The Hall–Kier alpha value is -2.60. The third kappa shape index (κ3) is 4.70. The molecule has 29 heavy (non-hydrogen) atoms. The molecule has 0 saturated carbocycles. The molecule has 0 atom stereocenters. The van der Waals surface area contributed by atoms with Crippen LogP contribution in [0, 0.1) is 20.8 Å². The molecule has 1 amide bonds. The average molecular weight is 398 g/mol. The molecule has 3 rings (SSSR count). The molecule has 1 aromatic heterocycles. The van der Waals surface area contributed by atoms with Gasteiger partial charge in [0.15, 0.2) is 0 Å². The van der Waals surface area contributed by atoms with E-state index in [2.05, 4.69) is 28.2 Å². The van der Waals surface area contributed by atoms with Gasteiger partial charge in [0.25, 0.3) is 11.5 Å². The Balaban J connectivity index is 1.79. The first-order valence-electron chi connectivity index (χ1n) is 10.3. The first-order chi connectivity index (χ1) is 13.9. The smallest absolute Gasteiger partial charge is 0.253 e. The summed E-state index contributed by atoms with van der Waals surface area (Å²) < 4.78 is 5.50. The summed E-state index contributed by atoms with van der Waals surface area (Å²) in [6.07, 6.45) is 2.00. The van der Waals surface area contributed by atoms with Crippen molar-refractivity contribution in [3.63, 3.8) is 0 Å². The van der Waals surface area contributed by atoms with E-state index in [-0.39, 0.29) is 18.0 Å². The first-order valence-corrected chi connectivity index (χ1v) is 10.3. The van der Waals surface area contributed by atoms with Crippen LogP contribution in [0.5, 0.6) is 0 Å². The van der Waals surface area contributed by atoms with E-state index < -0.39 is 0 Å². The van der Waals surface area contributed by atoms with Crippen LogP contribution in [0.2, 0.25) is 0 Å². The molecule has 1 saturated heterocycles. The van der Waals surface area contributed by atoms with E-state index in [9.17, 15) is 9.59 Å². The third-order valence-corrected chi connectivity index (χ3v) is 5.75. The molecule has 0 unspecified atom stereocenters. The quantitative estimate of drug-likeness (QED) is 0.785. The molecule has 0 spiro atoms. The number of anilines is 1. The Morgan fingerprint density at radius 1 is 1.24 bits per heavy atom. The number of ether oxygens (including phenoxy) is 1. The van der Waals surface area contributed by atoms with Crippen molar-refractivity contribution in [1.29, 1.82) is 0 Å². The molecule has 1 fully saturated rings. The fourth-order valence-electron chi connectivity index (χ4n) is 4.17. The van der Waals surface area contributed by atoms with Gasteiger partial charge in [-0.2, -0.15) is 0 Å².